The lowest BCUT2D eigenvalue weighted by Gasteiger charge is -2.20. The molecule has 0 spiro atoms. The molecule has 0 aromatic carbocycles. The maximum Gasteiger partial charge on any atom is 0.248 e. The van der Waals surface area contributed by atoms with Crippen molar-refractivity contribution in [2.45, 2.75) is 46.6 Å². The fourth-order valence-corrected chi connectivity index (χ4v) is 2.42. The van der Waals surface area contributed by atoms with Gasteiger partial charge in [0.05, 0.1) is 5.69 Å². The van der Waals surface area contributed by atoms with Crippen LogP contribution < -0.4 is 10.6 Å². The number of thiazole rings is 1. The van der Waals surface area contributed by atoms with Crippen molar-refractivity contribution in [2.24, 2.45) is 5.92 Å². The normalized spacial score (nSPS) is 12.6. The van der Waals surface area contributed by atoms with Gasteiger partial charge in [-0.05, 0) is 11.8 Å². The lowest BCUT2D eigenvalue weighted by Crippen LogP contribution is -2.46. The van der Waals surface area contributed by atoms with Crippen LogP contribution in [0.2, 0.25) is 0 Å². The Balaban J connectivity index is 2.72. The summed E-state index contributed by atoms with van der Waals surface area (Å²) >= 11 is 1.40. The molecule has 1 heterocycles. The molecule has 2 N–H and O–H groups in total. The lowest BCUT2D eigenvalue weighted by molar-refractivity contribution is -0.126. The number of nitrogens with zero attached hydrogens (tertiary/aromatic N) is 1. The summed E-state index contributed by atoms with van der Waals surface area (Å²) in [4.78, 5) is 27.6. The van der Waals surface area contributed by atoms with E-state index in [1.165, 1.54) is 18.3 Å². The van der Waals surface area contributed by atoms with E-state index in [1.54, 1.807) is 0 Å². The van der Waals surface area contributed by atoms with Crippen LogP contribution in [0.5, 0.6) is 0 Å². The SMILES string of the molecule is CC(=O)N[C@@H](C(=O)Nc1nc(C(C)C)cs1)C(C)C. The second-order valence-corrected chi connectivity index (χ2v) is 6.00. The molecule has 0 aliphatic rings. The van der Waals surface area contributed by atoms with E-state index >= 15 is 0 Å². The van der Waals surface area contributed by atoms with Gasteiger partial charge in [-0.25, -0.2) is 4.98 Å². The summed E-state index contributed by atoms with van der Waals surface area (Å²) in [7, 11) is 0. The molecule has 0 saturated heterocycles. The number of anilines is 1. The number of rotatable bonds is 5. The van der Waals surface area contributed by atoms with Gasteiger partial charge >= 0.3 is 0 Å². The van der Waals surface area contributed by atoms with E-state index in [0.29, 0.717) is 11.0 Å². The molecule has 1 atom stereocenters. The molecule has 0 fully saturated rings. The highest BCUT2D eigenvalue weighted by atomic mass is 32.1. The topological polar surface area (TPSA) is 71.1 Å². The van der Waals surface area contributed by atoms with Crippen LogP contribution >= 0.6 is 11.3 Å². The Kier molecular flexibility index (Phi) is 5.47. The minimum absolute atomic E-state index is 0.0217. The van der Waals surface area contributed by atoms with Gasteiger partial charge in [-0.3, -0.25) is 9.59 Å². The number of carbonyl (C=O) groups is 2. The summed E-state index contributed by atoms with van der Waals surface area (Å²) < 4.78 is 0. The summed E-state index contributed by atoms with van der Waals surface area (Å²) in [6.45, 7) is 9.29. The van der Waals surface area contributed by atoms with Gasteiger partial charge in [0.1, 0.15) is 6.04 Å². The monoisotopic (exact) mass is 283 g/mol. The third-order valence-corrected chi connectivity index (χ3v) is 3.43. The highest BCUT2D eigenvalue weighted by molar-refractivity contribution is 7.13. The number of hydrogen-bond donors (Lipinski definition) is 2. The van der Waals surface area contributed by atoms with Gasteiger partial charge in [0.15, 0.2) is 5.13 Å². The van der Waals surface area contributed by atoms with Gasteiger partial charge in [-0.1, -0.05) is 27.7 Å². The van der Waals surface area contributed by atoms with E-state index < -0.39 is 6.04 Å². The highest BCUT2D eigenvalue weighted by Gasteiger charge is 2.23. The third kappa shape index (κ3) is 4.63. The first-order chi connectivity index (χ1) is 8.81. The van der Waals surface area contributed by atoms with Crippen LogP contribution in [-0.2, 0) is 9.59 Å². The van der Waals surface area contributed by atoms with Crippen LogP contribution in [-0.4, -0.2) is 22.8 Å². The summed E-state index contributed by atoms with van der Waals surface area (Å²) in [6, 6.07) is -0.538. The molecule has 5 nitrogen and oxygen atoms in total. The molecule has 1 rings (SSSR count). The van der Waals surface area contributed by atoms with E-state index in [2.05, 4.69) is 29.5 Å². The van der Waals surface area contributed by atoms with Crippen molar-refractivity contribution in [2.75, 3.05) is 5.32 Å². The molecule has 6 heteroatoms. The van der Waals surface area contributed by atoms with Crippen molar-refractivity contribution < 1.29 is 9.59 Å². The molecule has 1 aromatic rings. The average Bonchev–Trinajstić information content (AvgIpc) is 2.73. The Morgan fingerprint density at radius 2 is 1.89 bits per heavy atom. The van der Waals surface area contributed by atoms with Gasteiger partial charge in [-0.2, -0.15) is 0 Å². The molecule has 19 heavy (non-hydrogen) atoms. The predicted octanol–water partition coefficient (Wildman–Crippen LogP) is 2.37. The number of hydrogen-bond acceptors (Lipinski definition) is 4. The molecular weight excluding hydrogens is 262 g/mol. The van der Waals surface area contributed by atoms with Gasteiger partial charge in [0, 0.05) is 12.3 Å². The number of amides is 2. The van der Waals surface area contributed by atoms with E-state index in [1.807, 2.05) is 19.2 Å². The van der Waals surface area contributed by atoms with E-state index in [9.17, 15) is 9.59 Å². The molecule has 0 aliphatic carbocycles. The van der Waals surface area contributed by atoms with Gasteiger partial charge in [0.25, 0.3) is 0 Å². The van der Waals surface area contributed by atoms with Crippen molar-refractivity contribution in [3.05, 3.63) is 11.1 Å². The molecule has 0 bridgehead atoms. The van der Waals surface area contributed by atoms with E-state index in [-0.39, 0.29) is 17.7 Å². The van der Waals surface area contributed by atoms with Crippen molar-refractivity contribution in [1.82, 2.24) is 10.3 Å². The molecular formula is C13H21N3O2S. The van der Waals surface area contributed by atoms with E-state index in [4.69, 9.17) is 0 Å². The van der Waals surface area contributed by atoms with E-state index in [0.717, 1.165) is 5.69 Å². The first-order valence-corrected chi connectivity index (χ1v) is 7.22. The lowest BCUT2D eigenvalue weighted by atomic mass is 10.0. The largest absolute Gasteiger partial charge is 0.344 e. The number of nitrogens with one attached hydrogen (secondary N) is 2. The average molecular weight is 283 g/mol. The Hall–Kier alpha value is -1.43. The molecule has 0 aliphatic heterocycles. The molecule has 0 unspecified atom stereocenters. The minimum atomic E-state index is -0.538. The molecule has 106 valence electrons. The number of aromatic nitrogens is 1. The molecule has 0 saturated carbocycles. The summed E-state index contributed by atoms with van der Waals surface area (Å²) in [6.07, 6.45) is 0. The zero-order valence-electron chi connectivity index (χ0n) is 12.0. The summed E-state index contributed by atoms with van der Waals surface area (Å²) in [5, 5.41) is 7.92. The van der Waals surface area contributed by atoms with Crippen molar-refractivity contribution in [1.29, 1.82) is 0 Å². The van der Waals surface area contributed by atoms with Crippen LogP contribution in [0.3, 0.4) is 0 Å². The summed E-state index contributed by atoms with van der Waals surface area (Å²) in [5.41, 5.74) is 0.959. The zero-order valence-corrected chi connectivity index (χ0v) is 12.8. The Morgan fingerprint density at radius 1 is 1.26 bits per heavy atom. The fourth-order valence-electron chi connectivity index (χ4n) is 1.55. The number of carbonyl (C=O) groups excluding carboxylic acids is 2. The van der Waals surface area contributed by atoms with Crippen LogP contribution in [0.25, 0.3) is 0 Å². The maximum atomic E-state index is 12.1. The van der Waals surface area contributed by atoms with Gasteiger partial charge in [0.2, 0.25) is 11.8 Å². The summed E-state index contributed by atoms with van der Waals surface area (Å²) in [5.74, 6) is -0.0858. The van der Waals surface area contributed by atoms with Crippen molar-refractivity contribution >= 4 is 28.3 Å². The maximum absolute atomic E-state index is 12.1. The Labute approximate surface area is 117 Å². The van der Waals surface area contributed by atoms with Crippen LogP contribution in [0.15, 0.2) is 5.38 Å². The second-order valence-electron chi connectivity index (χ2n) is 5.14. The first kappa shape index (κ1) is 15.6. The predicted molar refractivity (Wildman–Crippen MR) is 77.3 cm³/mol. The van der Waals surface area contributed by atoms with Crippen LogP contribution in [0, 0.1) is 5.92 Å². The fraction of sp³-hybridized carbons (Fsp3) is 0.615. The van der Waals surface area contributed by atoms with Crippen molar-refractivity contribution in [3.8, 4) is 0 Å². The molecule has 0 radical (unpaired) electrons. The standard InChI is InChI=1S/C13H21N3O2S/c1-7(2)10-6-19-13(15-10)16-12(18)11(8(3)4)14-9(5)17/h6-8,11H,1-5H3,(H,14,17)(H,15,16,18)/t11-/m1/s1. The second kappa shape index (κ2) is 6.65. The Morgan fingerprint density at radius 3 is 2.32 bits per heavy atom. The third-order valence-electron chi connectivity index (χ3n) is 2.65. The van der Waals surface area contributed by atoms with Crippen LogP contribution in [0.4, 0.5) is 5.13 Å². The molecule has 2 amide bonds. The van der Waals surface area contributed by atoms with Crippen LogP contribution in [0.1, 0.15) is 46.2 Å². The zero-order chi connectivity index (χ0) is 14.6. The quantitative estimate of drug-likeness (QED) is 0.871. The van der Waals surface area contributed by atoms with Gasteiger partial charge < -0.3 is 10.6 Å². The highest BCUT2D eigenvalue weighted by Crippen LogP contribution is 2.21. The Bertz CT molecular complexity index is 454. The van der Waals surface area contributed by atoms with Gasteiger partial charge in [-0.15, -0.1) is 11.3 Å². The van der Waals surface area contributed by atoms with Crippen molar-refractivity contribution in [3.63, 3.8) is 0 Å². The minimum Gasteiger partial charge on any atom is -0.344 e. The first-order valence-electron chi connectivity index (χ1n) is 6.34. The smallest absolute Gasteiger partial charge is 0.248 e. The molecule has 1 aromatic heterocycles.